The number of carbonyl (C=O) groups is 2. The summed E-state index contributed by atoms with van der Waals surface area (Å²) >= 11 is 0. The minimum Gasteiger partial charge on any atom is -0.396 e. The maximum atomic E-state index is 10.5. The fourth-order valence-corrected chi connectivity index (χ4v) is 0.559. The number of aliphatic hydroxyl groups is 1. The standard InChI is InChI=1S/C6H10N2O3/c7-5(10)3-4(1-2-9)6(8)11/h3,9H,1-2H2,(H2,7,10)(H2,8,11). The van der Waals surface area contributed by atoms with E-state index in [4.69, 9.17) is 16.6 Å². The zero-order valence-electron chi connectivity index (χ0n) is 5.91. The quantitative estimate of drug-likeness (QED) is 0.423. The molecule has 62 valence electrons. The van der Waals surface area contributed by atoms with Crippen molar-refractivity contribution in [3.63, 3.8) is 0 Å². The van der Waals surface area contributed by atoms with Crippen LogP contribution in [0.1, 0.15) is 6.42 Å². The summed E-state index contributed by atoms with van der Waals surface area (Å²) < 4.78 is 0. The molecule has 5 N–H and O–H groups in total. The molecule has 0 aromatic rings. The molecule has 0 unspecified atom stereocenters. The zero-order valence-corrected chi connectivity index (χ0v) is 5.91. The van der Waals surface area contributed by atoms with Crippen LogP contribution in [-0.4, -0.2) is 23.5 Å². The third-order valence-corrected chi connectivity index (χ3v) is 1.01. The van der Waals surface area contributed by atoms with Crippen LogP contribution in [0, 0.1) is 0 Å². The number of carbonyl (C=O) groups excluding carboxylic acids is 2. The second kappa shape index (κ2) is 4.45. The summed E-state index contributed by atoms with van der Waals surface area (Å²) in [6.07, 6.45) is 0.969. The molecule has 0 aliphatic heterocycles. The number of rotatable bonds is 4. The normalized spacial score (nSPS) is 11.2. The first-order valence-corrected chi connectivity index (χ1v) is 2.98. The minimum atomic E-state index is -0.743. The van der Waals surface area contributed by atoms with Crippen LogP contribution >= 0.6 is 0 Å². The molecular weight excluding hydrogens is 148 g/mol. The molecule has 0 radical (unpaired) electrons. The average molecular weight is 158 g/mol. The second-order valence-corrected chi connectivity index (χ2v) is 1.91. The molecule has 0 bridgehead atoms. The summed E-state index contributed by atoms with van der Waals surface area (Å²) in [5.41, 5.74) is 9.64. The molecule has 0 rings (SSSR count). The lowest BCUT2D eigenvalue weighted by molar-refractivity contribution is -0.116. The van der Waals surface area contributed by atoms with Gasteiger partial charge in [0.05, 0.1) is 0 Å². The molecule has 5 heteroatoms. The Morgan fingerprint density at radius 3 is 2.18 bits per heavy atom. The van der Waals surface area contributed by atoms with Crippen LogP contribution < -0.4 is 11.5 Å². The van der Waals surface area contributed by atoms with Gasteiger partial charge in [0.25, 0.3) is 0 Å². The first kappa shape index (κ1) is 9.64. The number of aliphatic hydroxyl groups excluding tert-OH is 1. The van der Waals surface area contributed by atoms with Crippen molar-refractivity contribution >= 4 is 11.8 Å². The fourth-order valence-electron chi connectivity index (χ4n) is 0.559. The summed E-state index contributed by atoms with van der Waals surface area (Å²) in [7, 11) is 0. The number of hydrogen-bond acceptors (Lipinski definition) is 3. The molecule has 5 nitrogen and oxygen atoms in total. The van der Waals surface area contributed by atoms with Crippen LogP contribution in [0.25, 0.3) is 0 Å². The van der Waals surface area contributed by atoms with Crippen molar-refractivity contribution in [3.05, 3.63) is 11.6 Å². The Morgan fingerprint density at radius 1 is 1.36 bits per heavy atom. The van der Waals surface area contributed by atoms with Gasteiger partial charge in [-0.2, -0.15) is 0 Å². The summed E-state index contributed by atoms with van der Waals surface area (Å²) in [4.78, 5) is 20.7. The predicted octanol–water partition coefficient (Wildman–Crippen LogP) is -1.73. The molecule has 0 atom stereocenters. The SMILES string of the molecule is NC(=O)C=C(CCO)C(N)=O. The molecule has 2 amide bonds. The van der Waals surface area contributed by atoms with E-state index in [2.05, 4.69) is 0 Å². The monoisotopic (exact) mass is 158 g/mol. The molecule has 0 aromatic carbocycles. The Morgan fingerprint density at radius 2 is 1.91 bits per heavy atom. The molecule has 0 heterocycles. The Hall–Kier alpha value is -1.36. The van der Waals surface area contributed by atoms with E-state index >= 15 is 0 Å². The first-order chi connectivity index (χ1) is 5.07. The highest BCUT2D eigenvalue weighted by Gasteiger charge is 2.04. The topological polar surface area (TPSA) is 106 Å². The Bertz CT molecular complexity index is 198. The summed E-state index contributed by atoms with van der Waals surface area (Å²) in [6, 6.07) is 0. The fraction of sp³-hybridized carbons (Fsp3) is 0.333. The van der Waals surface area contributed by atoms with E-state index in [1.165, 1.54) is 0 Å². The molecule has 0 aliphatic carbocycles. The van der Waals surface area contributed by atoms with Crippen molar-refractivity contribution in [1.82, 2.24) is 0 Å². The van der Waals surface area contributed by atoms with Crippen LogP contribution in [0.5, 0.6) is 0 Å². The van der Waals surface area contributed by atoms with Crippen LogP contribution in [0.2, 0.25) is 0 Å². The Kier molecular flexibility index (Phi) is 3.90. The molecule has 0 aromatic heterocycles. The van der Waals surface area contributed by atoms with E-state index in [1.807, 2.05) is 0 Å². The summed E-state index contributed by atoms with van der Waals surface area (Å²) in [5.74, 6) is -1.48. The largest absolute Gasteiger partial charge is 0.396 e. The molecule has 0 fully saturated rings. The third-order valence-electron chi connectivity index (χ3n) is 1.01. The molecule has 0 spiro atoms. The average Bonchev–Trinajstić information content (AvgIpc) is 1.86. The smallest absolute Gasteiger partial charge is 0.244 e. The van der Waals surface area contributed by atoms with Gasteiger partial charge in [-0.1, -0.05) is 0 Å². The van der Waals surface area contributed by atoms with Gasteiger partial charge >= 0.3 is 0 Å². The van der Waals surface area contributed by atoms with Crippen molar-refractivity contribution < 1.29 is 14.7 Å². The van der Waals surface area contributed by atoms with Crippen LogP contribution in [-0.2, 0) is 9.59 Å². The molecule has 11 heavy (non-hydrogen) atoms. The van der Waals surface area contributed by atoms with Crippen molar-refractivity contribution in [3.8, 4) is 0 Å². The lowest BCUT2D eigenvalue weighted by atomic mass is 10.2. The van der Waals surface area contributed by atoms with Crippen molar-refractivity contribution in [2.75, 3.05) is 6.61 Å². The zero-order chi connectivity index (χ0) is 8.85. The predicted molar refractivity (Wildman–Crippen MR) is 38.2 cm³/mol. The van der Waals surface area contributed by atoms with Gasteiger partial charge in [0.15, 0.2) is 0 Å². The highest BCUT2D eigenvalue weighted by atomic mass is 16.3. The van der Waals surface area contributed by atoms with Gasteiger partial charge in [-0.25, -0.2) is 0 Å². The summed E-state index contributed by atoms with van der Waals surface area (Å²) in [5, 5.41) is 8.40. The Balaban J connectivity index is 4.32. The highest BCUT2D eigenvalue weighted by Crippen LogP contribution is 1.97. The van der Waals surface area contributed by atoms with E-state index in [9.17, 15) is 9.59 Å². The maximum Gasteiger partial charge on any atom is 0.244 e. The molecule has 0 saturated heterocycles. The van der Waals surface area contributed by atoms with Crippen LogP contribution in [0.4, 0.5) is 0 Å². The number of hydrogen-bond donors (Lipinski definition) is 3. The lowest BCUT2D eigenvalue weighted by Gasteiger charge is -1.97. The van der Waals surface area contributed by atoms with Crippen molar-refractivity contribution in [1.29, 1.82) is 0 Å². The molecule has 0 aliphatic rings. The lowest BCUT2D eigenvalue weighted by Crippen LogP contribution is -2.18. The highest BCUT2D eigenvalue weighted by molar-refractivity contribution is 5.99. The van der Waals surface area contributed by atoms with Crippen molar-refractivity contribution in [2.45, 2.75) is 6.42 Å². The van der Waals surface area contributed by atoms with Crippen LogP contribution in [0.15, 0.2) is 11.6 Å². The maximum absolute atomic E-state index is 10.5. The van der Waals surface area contributed by atoms with Crippen LogP contribution in [0.3, 0.4) is 0 Å². The number of primary amides is 2. The second-order valence-electron chi connectivity index (χ2n) is 1.91. The van der Waals surface area contributed by atoms with Gasteiger partial charge in [0.1, 0.15) is 0 Å². The first-order valence-electron chi connectivity index (χ1n) is 2.98. The van der Waals surface area contributed by atoms with Gasteiger partial charge < -0.3 is 16.6 Å². The Labute approximate surface area is 63.7 Å². The van der Waals surface area contributed by atoms with E-state index in [0.29, 0.717) is 0 Å². The van der Waals surface area contributed by atoms with E-state index in [-0.39, 0.29) is 18.6 Å². The van der Waals surface area contributed by atoms with Gasteiger partial charge in [-0.15, -0.1) is 0 Å². The van der Waals surface area contributed by atoms with E-state index in [0.717, 1.165) is 6.08 Å². The molecule has 0 saturated carbocycles. The minimum absolute atomic E-state index is 0.0417. The van der Waals surface area contributed by atoms with Gasteiger partial charge in [-0.3, -0.25) is 9.59 Å². The summed E-state index contributed by atoms with van der Waals surface area (Å²) in [6.45, 7) is -0.234. The third kappa shape index (κ3) is 4.10. The van der Waals surface area contributed by atoms with Gasteiger partial charge in [0, 0.05) is 24.7 Å². The van der Waals surface area contributed by atoms with Gasteiger partial charge in [0.2, 0.25) is 11.8 Å². The number of amides is 2. The number of nitrogens with two attached hydrogens (primary N) is 2. The van der Waals surface area contributed by atoms with E-state index < -0.39 is 11.8 Å². The van der Waals surface area contributed by atoms with Crippen molar-refractivity contribution in [2.24, 2.45) is 11.5 Å². The van der Waals surface area contributed by atoms with Gasteiger partial charge in [-0.05, 0) is 0 Å². The van der Waals surface area contributed by atoms with E-state index in [1.54, 1.807) is 0 Å². The molecular formula is C6H10N2O3.